The fourth-order valence-electron chi connectivity index (χ4n) is 2.80. The second kappa shape index (κ2) is 5.14. The molecule has 0 bridgehead atoms. The molecule has 1 atom stereocenters. The van der Waals surface area contributed by atoms with Gasteiger partial charge in [0.1, 0.15) is 6.10 Å². The zero-order valence-corrected chi connectivity index (χ0v) is 12.1. The predicted octanol–water partition coefficient (Wildman–Crippen LogP) is 4.52. The van der Waals surface area contributed by atoms with E-state index < -0.39 is 0 Å². The van der Waals surface area contributed by atoms with E-state index in [4.69, 9.17) is 4.74 Å². The largest absolute Gasteiger partial charge is 0.372 e. The van der Waals surface area contributed by atoms with Gasteiger partial charge in [-0.1, -0.05) is 48.0 Å². The number of aromatic amines is 1. The summed E-state index contributed by atoms with van der Waals surface area (Å²) in [6.07, 6.45) is -0.0354. The topological polar surface area (TPSA) is 25.0 Å². The molecule has 1 N–H and O–H groups in total. The maximum atomic E-state index is 5.79. The lowest BCUT2D eigenvalue weighted by Crippen LogP contribution is -2.04. The molecule has 0 aliphatic rings. The number of aromatic nitrogens is 1. The van der Waals surface area contributed by atoms with Crippen molar-refractivity contribution in [2.45, 2.75) is 20.0 Å². The number of nitrogens with one attached hydrogen (secondary N) is 1. The van der Waals surface area contributed by atoms with Gasteiger partial charge in [-0.3, -0.25) is 0 Å². The van der Waals surface area contributed by atoms with Crippen molar-refractivity contribution in [2.75, 3.05) is 7.11 Å². The molecule has 2 aromatic carbocycles. The van der Waals surface area contributed by atoms with Crippen LogP contribution in [0.15, 0.2) is 48.5 Å². The van der Waals surface area contributed by atoms with E-state index in [2.05, 4.69) is 67.4 Å². The van der Waals surface area contributed by atoms with Crippen molar-refractivity contribution < 1.29 is 4.74 Å². The standard InChI is InChI=1S/C18H19NO/c1-12-8-10-14(11-9-12)18(20-3)17-13(2)19-16-7-5-4-6-15(16)17/h4-11,18-19H,1-3H3. The molecule has 2 nitrogen and oxygen atoms in total. The van der Waals surface area contributed by atoms with Gasteiger partial charge in [0.05, 0.1) is 0 Å². The molecule has 0 saturated carbocycles. The van der Waals surface area contributed by atoms with Gasteiger partial charge in [-0.05, 0) is 25.5 Å². The highest BCUT2D eigenvalue weighted by Gasteiger charge is 2.20. The highest BCUT2D eigenvalue weighted by atomic mass is 16.5. The Morgan fingerprint density at radius 1 is 0.950 bits per heavy atom. The Bertz CT molecular complexity index is 725. The van der Waals surface area contributed by atoms with Crippen molar-refractivity contribution in [3.63, 3.8) is 0 Å². The summed E-state index contributed by atoms with van der Waals surface area (Å²) < 4.78 is 5.79. The monoisotopic (exact) mass is 265 g/mol. The number of fused-ring (bicyclic) bond motifs is 1. The van der Waals surface area contributed by atoms with E-state index in [1.54, 1.807) is 7.11 Å². The first-order valence-corrected chi connectivity index (χ1v) is 6.87. The lowest BCUT2D eigenvalue weighted by Gasteiger charge is -2.17. The first-order valence-electron chi connectivity index (χ1n) is 6.87. The van der Waals surface area contributed by atoms with Crippen molar-refractivity contribution in [3.8, 4) is 0 Å². The number of aryl methyl sites for hydroxylation is 2. The highest BCUT2D eigenvalue weighted by Crippen LogP contribution is 2.34. The number of ether oxygens (including phenoxy) is 1. The van der Waals surface area contributed by atoms with E-state index in [1.807, 2.05) is 0 Å². The molecule has 1 unspecified atom stereocenters. The van der Waals surface area contributed by atoms with Crippen molar-refractivity contribution in [3.05, 3.63) is 70.9 Å². The van der Waals surface area contributed by atoms with Crippen LogP contribution in [0.3, 0.4) is 0 Å². The lowest BCUT2D eigenvalue weighted by atomic mass is 9.98. The van der Waals surface area contributed by atoms with Crippen molar-refractivity contribution in [2.24, 2.45) is 0 Å². The van der Waals surface area contributed by atoms with Gasteiger partial charge in [-0.25, -0.2) is 0 Å². The van der Waals surface area contributed by atoms with Gasteiger partial charge in [0, 0.05) is 29.3 Å². The summed E-state index contributed by atoms with van der Waals surface area (Å²) in [5, 5.41) is 1.23. The summed E-state index contributed by atoms with van der Waals surface area (Å²) in [5.41, 5.74) is 6.00. The molecule has 0 amide bonds. The highest BCUT2D eigenvalue weighted by molar-refractivity contribution is 5.85. The summed E-state index contributed by atoms with van der Waals surface area (Å²) in [4.78, 5) is 3.44. The maximum absolute atomic E-state index is 5.79. The van der Waals surface area contributed by atoms with Crippen molar-refractivity contribution >= 4 is 10.9 Å². The molecule has 3 aromatic rings. The summed E-state index contributed by atoms with van der Waals surface area (Å²) in [5.74, 6) is 0. The SMILES string of the molecule is COC(c1ccc(C)cc1)c1c(C)[nH]c2ccccc12. The number of H-pyrrole nitrogens is 1. The molecule has 1 heterocycles. The Labute approximate surface area is 119 Å². The third-order valence-electron chi connectivity index (χ3n) is 3.82. The van der Waals surface area contributed by atoms with Crippen molar-refractivity contribution in [1.82, 2.24) is 4.98 Å². The molecule has 1 aromatic heterocycles. The fourth-order valence-corrected chi connectivity index (χ4v) is 2.80. The van der Waals surface area contributed by atoms with Crippen LogP contribution in [0.5, 0.6) is 0 Å². The number of para-hydroxylation sites is 1. The average molecular weight is 265 g/mol. The normalized spacial score (nSPS) is 12.8. The third kappa shape index (κ3) is 2.12. The molecule has 0 aliphatic heterocycles. The first kappa shape index (κ1) is 12.9. The van der Waals surface area contributed by atoms with Gasteiger partial charge in [0.2, 0.25) is 0 Å². The molecule has 0 spiro atoms. The Kier molecular flexibility index (Phi) is 3.33. The number of methoxy groups -OCH3 is 1. The van der Waals surface area contributed by atoms with Crippen LogP contribution in [0.25, 0.3) is 10.9 Å². The van der Waals surface area contributed by atoms with Gasteiger partial charge in [0.25, 0.3) is 0 Å². The second-order valence-corrected chi connectivity index (χ2v) is 5.24. The summed E-state index contributed by atoms with van der Waals surface area (Å²) in [6, 6.07) is 16.9. The maximum Gasteiger partial charge on any atom is 0.109 e. The summed E-state index contributed by atoms with van der Waals surface area (Å²) in [7, 11) is 1.77. The number of rotatable bonds is 3. The Hall–Kier alpha value is -2.06. The smallest absolute Gasteiger partial charge is 0.109 e. The fraction of sp³-hybridized carbons (Fsp3) is 0.222. The Morgan fingerprint density at radius 3 is 2.35 bits per heavy atom. The molecule has 0 fully saturated rings. The van der Waals surface area contributed by atoms with Gasteiger partial charge in [0.15, 0.2) is 0 Å². The van der Waals surface area contributed by atoms with Gasteiger partial charge in [-0.2, -0.15) is 0 Å². The van der Waals surface area contributed by atoms with E-state index in [9.17, 15) is 0 Å². The number of hydrogen-bond acceptors (Lipinski definition) is 1. The molecule has 2 heteroatoms. The van der Waals surface area contributed by atoms with E-state index in [-0.39, 0.29) is 6.10 Å². The van der Waals surface area contributed by atoms with Gasteiger partial charge >= 0.3 is 0 Å². The molecular formula is C18H19NO. The van der Waals surface area contributed by atoms with Crippen LogP contribution in [-0.4, -0.2) is 12.1 Å². The van der Waals surface area contributed by atoms with E-state index >= 15 is 0 Å². The van der Waals surface area contributed by atoms with Gasteiger partial charge in [-0.15, -0.1) is 0 Å². The zero-order chi connectivity index (χ0) is 14.1. The molecular weight excluding hydrogens is 246 g/mol. The molecule has 0 radical (unpaired) electrons. The van der Waals surface area contributed by atoms with Crippen LogP contribution >= 0.6 is 0 Å². The van der Waals surface area contributed by atoms with E-state index in [1.165, 1.54) is 27.8 Å². The Balaban J connectivity index is 2.16. The Morgan fingerprint density at radius 2 is 1.65 bits per heavy atom. The molecule has 3 rings (SSSR count). The lowest BCUT2D eigenvalue weighted by molar-refractivity contribution is 0.137. The average Bonchev–Trinajstić information content (AvgIpc) is 2.79. The minimum atomic E-state index is -0.0354. The quantitative estimate of drug-likeness (QED) is 0.740. The summed E-state index contributed by atoms with van der Waals surface area (Å²) >= 11 is 0. The summed E-state index contributed by atoms with van der Waals surface area (Å²) in [6.45, 7) is 4.21. The second-order valence-electron chi connectivity index (χ2n) is 5.24. The predicted molar refractivity (Wildman–Crippen MR) is 83.1 cm³/mol. The number of benzene rings is 2. The van der Waals surface area contributed by atoms with Crippen LogP contribution in [0.4, 0.5) is 0 Å². The first-order chi connectivity index (χ1) is 9.70. The number of hydrogen-bond donors (Lipinski definition) is 1. The molecule has 0 aliphatic carbocycles. The minimum absolute atomic E-state index is 0.0354. The van der Waals surface area contributed by atoms with Crippen LogP contribution in [-0.2, 0) is 4.74 Å². The molecule has 20 heavy (non-hydrogen) atoms. The van der Waals surface area contributed by atoms with Crippen LogP contribution < -0.4 is 0 Å². The third-order valence-corrected chi connectivity index (χ3v) is 3.82. The van der Waals surface area contributed by atoms with E-state index in [0.717, 1.165) is 5.52 Å². The van der Waals surface area contributed by atoms with Crippen LogP contribution in [0.2, 0.25) is 0 Å². The molecule has 0 saturated heterocycles. The van der Waals surface area contributed by atoms with Crippen molar-refractivity contribution in [1.29, 1.82) is 0 Å². The van der Waals surface area contributed by atoms with Gasteiger partial charge < -0.3 is 9.72 Å². The van der Waals surface area contributed by atoms with E-state index in [0.29, 0.717) is 0 Å². The van der Waals surface area contributed by atoms with Crippen LogP contribution in [0.1, 0.15) is 28.5 Å². The minimum Gasteiger partial charge on any atom is -0.372 e. The zero-order valence-electron chi connectivity index (χ0n) is 12.1. The van der Waals surface area contributed by atoms with Crippen LogP contribution in [0, 0.1) is 13.8 Å². The molecule has 102 valence electrons.